The van der Waals surface area contributed by atoms with Gasteiger partial charge in [-0.05, 0) is 85.9 Å². The summed E-state index contributed by atoms with van der Waals surface area (Å²) < 4.78 is 5.64. The lowest BCUT2D eigenvalue weighted by molar-refractivity contribution is -0.137. The lowest BCUT2D eigenvalue weighted by Gasteiger charge is -2.27. The SMILES string of the molecule is CCCN(CCC)C(=O)C1=Cc2ccc(C(=O)C(=O)Nc3cnc4c(c3)CN(C(=O)OCc3ccc(NC(=O)[C@H](CCCNC(N)=O)NC(=O)[C@@H](NC(=O)CCCCCN5C(=O)C=CC5=O)C(C)C)cc3)CC4)cc2N=C(N)C1. The molecule has 0 fully saturated rings. The second kappa shape index (κ2) is 28.6. The Balaban J connectivity index is 0.987. The Labute approximate surface area is 458 Å². The number of amidine groups is 1. The fourth-order valence-corrected chi connectivity index (χ4v) is 9.06. The first-order chi connectivity index (χ1) is 37.8. The van der Waals surface area contributed by atoms with E-state index in [1.807, 2.05) is 13.8 Å². The van der Waals surface area contributed by atoms with Gasteiger partial charge in [0.15, 0.2) is 0 Å². The predicted octanol–water partition coefficient (Wildman–Crippen LogP) is 4.52. The number of ketones is 1. The van der Waals surface area contributed by atoms with Crippen LogP contribution in [0.1, 0.15) is 118 Å². The molecule has 1 aromatic heterocycles. The van der Waals surface area contributed by atoms with Gasteiger partial charge in [-0.15, -0.1) is 0 Å². The quantitative estimate of drug-likeness (QED) is 0.0252. The number of fused-ring (bicyclic) bond motifs is 2. The van der Waals surface area contributed by atoms with Crippen LogP contribution in [-0.2, 0) is 57.9 Å². The molecule has 3 aliphatic rings. The number of rotatable bonds is 26. The Kier molecular flexibility index (Phi) is 21.5. The summed E-state index contributed by atoms with van der Waals surface area (Å²) in [6, 6.07) is 9.98. The van der Waals surface area contributed by atoms with E-state index < -0.39 is 47.7 Å². The van der Waals surface area contributed by atoms with Crippen LogP contribution >= 0.6 is 0 Å². The number of anilines is 2. The minimum absolute atomic E-state index is 0.0708. The number of urea groups is 1. The van der Waals surface area contributed by atoms with Gasteiger partial charge >= 0.3 is 12.1 Å². The number of amides is 10. The first kappa shape index (κ1) is 59.5. The highest BCUT2D eigenvalue weighted by molar-refractivity contribution is 6.46. The monoisotopic (exact) mass is 1090 g/mol. The summed E-state index contributed by atoms with van der Waals surface area (Å²) in [7, 11) is 0. The smallest absolute Gasteiger partial charge is 0.410 e. The summed E-state index contributed by atoms with van der Waals surface area (Å²) in [5.74, 6) is -4.27. The van der Waals surface area contributed by atoms with Crippen molar-refractivity contribution in [1.82, 2.24) is 35.6 Å². The van der Waals surface area contributed by atoms with Crippen LogP contribution < -0.4 is 38.1 Å². The number of hydrogen-bond donors (Lipinski definition) is 7. The molecule has 2 atom stereocenters. The minimum Gasteiger partial charge on any atom is -0.445 e. The summed E-state index contributed by atoms with van der Waals surface area (Å²) in [5, 5.41) is 13.4. The van der Waals surface area contributed by atoms with Crippen molar-refractivity contribution in [2.45, 2.75) is 117 Å². The van der Waals surface area contributed by atoms with Crippen molar-refractivity contribution in [3.05, 3.63) is 100 Å². The third kappa shape index (κ3) is 17.1. The first-order valence-corrected chi connectivity index (χ1v) is 26.6. The standard InChI is InChI=1S/C56H70N12O11/c1-5-23-66(24-6-2)54(76)38-27-36-15-16-37(29-44(36)63-45(57)30-38)50(72)53(75)62-41-28-39-32-67(26-21-42(39)60-31-41)56(78)79-33-35-13-17-40(18-14-35)61-51(73)43(11-10-22-59-55(58)77)64-52(74)49(34(3)4)65-46(69)12-8-7-9-25-68-47(70)19-20-48(68)71/h13-20,27-29,31,34,43,49H,5-12,21-26,30,32-33H2,1-4H3,(H2,57,63)(H,61,73)(H,62,75)(H,64,74)(H,65,69)(H3,58,59,77)/t43-,49-/m0/s1. The van der Waals surface area contributed by atoms with Crippen molar-refractivity contribution in [2.75, 3.05) is 43.4 Å². The van der Waals surface area contributed by atoms with E-state index in [0.717, 1.165) is 17.7 Å². The highest BCUT2D eigenvalue weighted by Gasteiger charge is 2.30. The molecular formula is C56H70N12O11. The lowest BCUT2D eigenvalue weighted by Crippen LogP contribution is -2.54. The number of carbonyl (C=O) groups is 10. The molecule has 0 unspecified atom stereocenters. The van der Waals surface area contributed by atoms with Gasteiger partial charge in [0, 0.05) is 92.2 Å². The van der Waals surface area contributed by atoms with Gasteiger partial charge in [0.1, 0.15) is 24.5 Å². The number of aliphatic imine (C=N–C) groups is 1. The Morgan fingerprint density at radius 2 is 1.56 bits per heavy atom. The van der Waals surface area contributed by atoms with E-state index in [9.17, 15) is 47.9 Å². The molecule has 0 spiro atoms. The number of Topliss-reactive ketones (excluding diaryl/α,β-unsaturated/α-hetero) is 1. The maximum atomic E-state index is 13.7. The van der Waals surface area contributed by atoms with E-state index >= 15 is 0 Å². The first-order valence-electron chi connectivity index (χ1n) is 26.6. The van der Waals surface area contributed by atoms with Gasteiger partial charge in [-0.2, -0.15) is 0 Å². The summed E-state index contributed by atoms with van der Waals surface area (Å²) in [5.41, 5.74) is 15.5. The van der Waals surface area contributed by atoms with E-state index in [1.165, 1.54) is 35.4 Å². The van der Waals surface area contributed by atoms with Crippen LogP contribution in [0.25, 0.3) is 6.08 Å². The van der Waals surface area contributed by atoms with Gasteiger partial charge in [0.05, 0.1) is 24.1 Å². The van der Waals surface area contributed by atoms with Crippen molar-refractivity contribution in [2.24, 2.45) is 22.4 Å². The number of nitrogens with one attached hydrogen (secondary N) is 5. The highest BCUT2D eigenvalue weighted by atomic mass is 16.6. The molecule has 3 aromatic rings. The molecule has 0 radical (unpaired) electrons. The van der Waals surface area contributed by atoms with E-state index in [4.69, 9.17) is 16.2 Å². The fraction of sp³-hybridized carbons (Fsp3) is 0.429. The molecule has 4 heterocycles. The maximum absolute atomic E-state index is 13.7. The molecule has 0 aliphatic carbocycles. The molecule has 0 saturated carbocycles. The van der Waals surface area contributed by atoms with E-state index in [-0.39, 0.29) is 98.6 Å². The highest BCUT2D eigenvalue weighted by Crippen LogP contribution is 2.29. The van der Waals surface area contributed by atoms with Crippen LogP contribution in [0.5, 0.6) is 0 Å². The van der Waals surface area contributed by atoms with Crippen LogP contribution in [0.15, 0.2) is 77.4 Å². The van der Waals surface area contributed by atoms with E-state index in [2.05, 4.69) is 36.6 Å². The second-order valence-electron chi connectivity index (χ2n) is 19.8. The van der Waals surface area contributed by atoms with Gasteiger partial charge in [0.25, 0.3) is 23.5 Å². The predicted molar refractivity (Wildman–Crippen MR) is 294 cm³/mol. The third-order valence-electron chi connectivity index (χ3n) is 13.2. The van der Waals surface area contributed by atoms with E-state index in [0.29, 0.717) is 84.6 Å². The molecule has 6 rings (SSSR count). The number of carbonyl (C=O) groups excluding carboxylic acids is 10. The topological polar surface area (TPSA) is 327 Å². The largest absolute Gasteiger partial charge is 0.445 e. The molecule has 0 bridgehead atoms. The maximum Gasteiger partial charge on any atom is 0.410 e. The number of aromatic nitrogens is 1. The molecule has 3 aliphatic heterocycles. The molecular weight excluding hydrogens is 1020 g/mol. The summed E-state index contributed by atoms with van der Waals surface area (Å²) in [4.78, 5) is 142. The zero-order valence-corrected chi connectivity index (χ0v) is 45.1. The van der Waals surface area contributed by atoms with Crippen molar-refractivity contribution in [1.29, 1.82) is 0 Å². The summed E-state index contributed by atoms with van der Waals surface area (Å²) >= 11 is 0. The van der Waals surface area contributed by atoms with Gasteiger partial charge in [-0.3, -0.25) is 48.2 Å². The minimum atomic E-state index is -1.08. The zero-order valence-electron chi connectivity index (χ0n) is 45.1. The number of ether oxygens (including phenoxy) is 1. The van der Waals surface area contributed by atoms with Crippen LogP contribution in [-0.4, -0.2) is 130 Å². The number of pyridine rings is 1. The molecule has 9 N–H and O–H groups in total. The number of primary amides is 1. The van der Waals surface area contributed by atoms with Crippen molar-refractivity contribution in [3.8, 4) is 0 Å². The molecule has 23 heteroatoms. The second-order valence-corrected chi connectivity index (χ2v) is 19.8. The van der Waals surface area contributed by atoms with Crippen molar-refractivity contribution in [3.63, 3.8) is 0 Å². The Bertz CT molecular complexity index is 2880. The Morgan fingerprint density at radius 1 is 0.835 bits per heavy atom. The average molecular weight is 1090 g/mol. The van der Waals surface area contributed by atoms with Gasteiger partial charge < -0.3 is 52.6 Å². The molecule has 23 nitrogen and oxygen atoms in total. The zero-order chi connectivity index (χ0) is 57.2. The van der Waals surface area contributed by atoms with Crippen LogP contribution in [0, 0.1) is 5.92 Å². The van der Waals surface area contributed by atoms with Gasteiger partial charge in [-0.25, -0.2) is 14.6 Å². The number of imide groups is 1. The number of benzene rings is 2. The third-order valence-corrected chi connectivity index (χ3v) is 13.2. The Hall–Kier alpha value is -8.76. The summed E-state index contributed by atoms with van der Waals surface area (Å²) in [6.45, 7) is 9.45. The lowest BCUT2D eigenvalue weighted by atomic mass is 10.0. The van der Waals surface area contributed by atoms with E-state index in [1.54, 1.807) is 61.2 Å². The molecule has 79 heavy (non-hydrogen) atoms. The van der Waals surface area contributed by atoms with Crippen LogP contribution in [0.4, 0.5) is 26.7 Å². The number of nitrogens with zero attached hydrogens (tertiary/aromatic N) is 5. The summed E-state index contributed by atoms with van der Waals surface area (Å²) in [6.07, 6.45) is 9.20. The molecule has 0 saturated heterocycles. The van der Waals surface area contributed by atoms with Crippen LogP contribution in [0.3, 0.4) is 0 Å². The number of nitrogens with two attached hydrogens (primary N) is 2. The fourth-order valence-electron chi connectivity index (χ4n) is 9.06. The normalized spacial score (nSPS) is 14.4. The molecule has 420 valence electrons. The average Bonchev–Trinajstić information content (AvgIpc) is 3.65. The van der Waals surface area contributed by atoms with Gasteiger partial charge in [-0.1, -0.05) is 58.4 Å². The number of unbranched alkanes of at least 4 members (excludes halogenated alkanes) is 2. The van der Waals surface area contributed by atoms with Gasteiger partial charge in [0.2, 0.25) is 23.6 Å². The Morgan fingerprint density at radius 3 is 2.24 bits per heavy atom. The van der Waals surface area contributed by atoms with Crippen LogP contribution in [0.2, 0.25) is 0 Å². The van der Waals surface area contributed by atoms with Crippen molar-refractivity contribution >= 4 is 88.2 Å². The molecule has 2 aromatic carbocycles. The molecule has 10 amide bonds. The van der Waals surface area contributed by atoms with Crippen molar-refractivity contribution < 1.29 is 52.7 Å². The number of hydrogen-bond acceptors (Lipinski definition) is 14.